The molecular formula is C18H28O14. The van der Waals surface area contributed by atoms with E-state index < -0.39 is 92.5 Å². The van der Waals surface area contributed by atoms with Gasteiger partial charge in [0.05, 0.1) is 6.61 Å². The number of hydrogen-bond acceptors (Lipinski definition) is 14. The molecule has 14 nitrogen and oxygen atoms in total. The van der Waals surface area contributed by atoms with Crippen LogP contribution in [0.25, 0.3) is 0 Å². The van der Waals surface area contributed by atoms with Crippen LogP contribution >= 0.6 is 0 Å². The van der Waals surface area contributed by atoms with Gasteiger partial charge in [-0.05, 0) is 0 Å². The summed E-state index contributed by atoms with van der Waals surface area (Å²) in [5.74, 6) is -2.41. The van der Waals surface area contributed by atoms with Gasteiger partial charge < -0.3 is 54.0 Å². The maximum atomic E-state index is 11.7. The van der Waals surface area contributed by atoms with E-state index in [1.165, 1.54) is 0 Å². The Morgan fingerprint density at radius 2 is 1.34 bits per heavy atom. The summed E-state index contributed by atoms with van der Waals surface area (Å²) in [5.41, 5.74) is 0. The topological polar surface area (TPSA) is 208 Å². The van der Waals surface area contributed by atoms with E-state index in [4.69, 9.17) is 28.4 Å². The third kappa shape index (κ3) is 6.32. The molecule has 0 unspecified atom stereocenters. The molecule has 2 heterocycles. The minimum Gasteiger partial charge on any atom is -0.463 e. The van der Waals surface area contributed by atoms with Crippen molar-refractivity contribution in [3.8, 4) is 0 Å². The number of hydrogen-bond donors (Lipinski definition) is 5. The Morgan fingerprint density at radius 1 is 0.750 bits per heavy atom. The van der Waals surface area contributed by atoms with Crippen LogP contribution in [0.4, 0.5) is 0 Å². The highest BCUT2D eigenvalue weighted by Crippen LogP contribution is 2.31. The third-order valence-corrected chi connectivity index (χ3v) is 4.80. The minimum absolute atomic E-state index is 0.501. The fraction of sp³-hybridized carbons (Fsp3) is 0.833. The zero-order valence-corrected chi connectivity index (χ0v) is 17.6. The van der Waals surface area contributed by atoms with Crippen molar-refractivity contribution in [2.75, 3.05) is 13.2 Å². The number of aliphatic hydroxyl groups is 5. The first-order chi connectivity index (χ1) is 15.0. The van der Waals surface area contributed by atoms with E-state index in [1.54, 1.807) is 0 Å². The molecule has 0 amide bonds. The summed E-state index contributed by atoms with van der Waals surface area (Å²) in [7, 11) is 0. The van der Waals surface area contributed by atoms with Crippen molar-refractivity contribution < 1.29 is 68.3 Å². The lowest BCUT2D eigenvalue weighted by atomic mass is 9.96. The van der Waals surface area contributed by atoms with Gasteiger partial charge in [-0.15, -0.1) is 0 Å². The van der Waals surface area contributed by atoms with Crippen molar-refractivity contribution in [3.63, 3.8) is 0 Å². The fourth-order valence-corrected chi connectivity index (χ4v) is 3.37. The van der Waals surface area contributed by atoms with Crippen molar-refractivity contribution >= 4 is 17.9 Å². The average Bonchev–Trinajstić information content (AvgIpc) is 2.70. The first-order valence-electron chi connectivity index (χ1n) is 9.73. The van der Waals surface area contributed by atoms with Gasteiger partial charge in [-0.25, -0.2) is 0 Å². The molecule has 2 rings (SSSR count). The van der Waals surface area contributed by atoms with Crippen LogP contribution in [-0.4, -0.2) is 118 Å². The summed E-state index contributed by atoms with van der Waals surface area (Å²) in [5, 5.41) is 49.9. The van der Waals surface area contributed by atoms with Gasteiger partial charge in [0.25, 0.3) is 0 Å². The molecule has 5 N–H and O–H groups in total. The van der Waals surface area contributed by atoms with Crippen LogP contribution < -0.4 is 0 Å². The average molecular weight is 468 g/mol. The maximum absolute atomic E-state index is 11.7. The summed E-state index contributed by atoms with van der Waals surface area (Å²) < 4.78 is 31.4. The van der Waals surface area contributed by atoms with E-state index in [0.717, 1.165) is 20.8 Å². The van der Waals surface area contributed by atoms with Gasteiger partial charge in [0.15, 0.2) is 24.8 Å². The van der Waals surface area contributed by atoms with Gasteiger partial charge >= 0.3 is 17.9 Å². The summed E-state index contributed by atoms with van der Waals surface area (Å²) in [6.07, 6.45) is -15.9. The normalized spacial score (nSPS) is 39.8. The smallest absolute Gasteiger partial charge is 0.303 e. The largest absolute Gasteiger partial charge is 0.463 e. The third-order valence-electron chi connectivity index (χ3n) is 4.80. The lowest BCUT2D eigenvalue weighted by Gasteiger charge is -2.46. The highest BCUT2D eigenvalue weighted by Gasteiger charge is 2.53. The first-order valence-corrected chi connectivity index (χ1v) is 9.73. The molecule has 0 radical (unpaired) electrons. The van der Waals surface area contributed by atoms with Gasteiger partial charge in [0.1, 0.15) is 43.2 Å². The highest BCUT2D eigenvalue weighted by atomic mass is 16.7. The lowest BCUT2D eigenvalue weighted by molar-refractivity contribution is -0.356. The second kappa shape index (κ2) is 11.3. The molecule has 0 aromatic carbocycles. The van der Waals surface area contributed by atoms with E-state index in [1.807, 2.05) is 0 Å². The molecule has 0 bridgehead atoms. The summed E-state index contributed by atoms with van der Waals surface area (Å²) in [6.45, 7) is 1.95. The van der Waals surface area contributed by atoms with Crippen LogP contribution in [0.15, 0.2) is 0 Å². The van der Waals surface area contributed by atoms with E-state index in [0.29, 0.717) is 0 Å². The number of carbonyl (C=O) groups excluding carboxylic acids is 3. The molecule has 0 aromatic heterocycles. The summed E-state index contributed by atoms with van der Waals surface area (Å²) in [6, 6.07) is 0. The number of rotatable bonds is 7. The molecule has 0 aromatic rings. The number of carbonyl (C=O) groups is 3. The quantitative estimate of drug-likeness (QED) is 0.180. The van der Waals surface area contributed by atoms with Crippen molar-refractivity contribution in [1.82, 2.24) is 0 Å². The van der Waals surface area contributed by atoms with E-state index in [-0.39, 0.29) is 0 Å². The van der Waals surface area contributed by atoms with E-state index >= 15 is 0 Å². The molecule has 14 heteroatoms. The van der Waals surface area contributed by atoms with E-state index in [2.05, 4.69) is 0 Å². The number of esters is 3. The molecule has 2 saturated heterocycles. The van der Waals surface area contributed by atoms with E-state index in [9.17, 15) is 39.9 Å². The fourth-order valence-electron chi connectivity index (χ4n) is 3.37. The molecule has 32 heavy (non-hydrogen) atoms. The van der Waals surface area contributed by atoms with Crippen LogP contribution in [0.1, 0.15) is 20.8 Å². The molecule has 10 atom stereocenters. The SMILES string of the molecule is CC(=O)OC[C@H]1O[C@@H](O)[C@H](OC(C)=O)[C@@H](OC(C)=O)[C@@H]1O[C@@H]1O[C@H](CO)[C@H](O)[C@H](O)[C@H]1O. The summed E-state index contributed by atoms with van der Waals surface area (Å²) in [4.78, 5) is 34.5. The maximum Gasteiger partial charge on any atom is 0.303 e. The Hall–Kier alpha value is -1.91. The predicted octanol–water partition coefficient (Wildman–Crippen LogP) is -3.68. The van der Waals surface area contributed by atoms with Gasteiger partial charge in [-0.1, -0.05) is 0 Å². The Morgan fingerprint density at radius 3 is 1.88 bits per heavy atom. The highest BCUT2D eigenvalue weighted by molar-refractivity contribution is 5.67. The number of ether oxygens (including phenoxy) is 6. The predicted molar refractivity (Wildman–Crippen MR) is 97.3 cm³/mol. The Labute approximate surface area is 182 Å². The van der Waals surface area contributed by atoms with Crippen LogP contribution in [0.2, 0.25) is 0 Å². The van der Waals surface area contributed by atoms with Crippen LogP contribution in [0.5, 0.6) is 0 Å². The van der Waals surface area contributed by atoms with Gasteiger partial charge in [-0.2, -0.15) is 0 Å². The van der Waals surface area contributed by atoms with Crippen molar-refractivity contribution in [1.29, 1.82) is 0 Å². The molecule has 0 saturated carbocycles. The zero-order chi connectivity index (χ0) is 24.2. The van der Waals surface area contributed by atoms with Crippen LogP contribution in [0, 0.1) is 0 Å². The molecule has 0 aliphatic carbocycles. The lowest BCUT2D eigenvalue weighted by Crippen LogP contribution is -2.65. The minimum atomic E-state index is -1.82. The van der Waals surface area contributed by atoms with Crippen molar-refractivity contribution in [2.24, 2.45) is 0 Å². The monoisotopic (exact) mass is 468 g/mol. The number of aliphatic hydroxyl groups excluding tert-OH is 5. The zero-order valence-electron chi connectivity index (χ0n) is 17.6. The Bertz CT molecular complexity index is 668. The Balaban J connectivity index is 2.37. The van der Waals surface area contributed by atoms with Crippen molar-refractivity contribution in [2.45, 2.75) is 82.2 Å². The van der Waals surface area contributed by atoms with Crippen LogP contribution in [0.3, 0.4) is 0 Å². The standard InChI is InChI=1S/C18H28O14/c1-6(20)27-5-10-14(32-18-13(25)12(24)11(23)9(4-19)31-18)15(28-7(2)21)16(17(26)30-10)29-8(3)22/h9-19,23-26H,4-5H2,1-3H3/t9-,10-,11+,12+,13-,14-,15+,16-,17-,18+/m1/s1. The molecule has 2 aliphatic rings. The molecular weight excluding hydrogens is 440 g/mol. The van der Waals surface area contributed by atoms with Gasteiger partial charge in [-0.3, -0.25) is 14.4 Å². The van der Waals surface area contributed by atoms with Crippen LogP contribution in [-0.2, 0) is 42.8 Å². The molecule has 0 spiro atoms. The molecule has 184 valence electrons. The van der Waals surface area contributed by atoms with Crippen molar-refractivity contribution in [3.05, 3.63) is 0 Å². The van der Waals surface area contributed by atoms with Gasteiger partial charge in [0, 0.05) is 20.8 Å². The second-order valence-corrected chi connectivity index (χ2v) is 7.31. The second-order valence-electron chi connectivity index (χ2n) is 7.31. The Kier molecular flexibility index (Phi) is 9.29. The molecule has 2 fully saturated rings. The molecule has 2 aliphatic heterocycles. The first kappa shape index (κ1) is 26.3. The van der Waals surface area contributed by atoms with Gasteiger partial charge in [0.2, 0.25) is 0 Å². The summed E-state index contributed by atoms with van der Waals surface area (Å²) >= 11 is 0.